The van der Waals surface area contributed by atoms with Gasteiger partial charge in [0.25, 0.3) is 5.89 Å². The summed E-state index contributed by atoms with van der Waals surface area (Å²) in [6, 6.07) is 19.4. The zero-order chi connectivity index (χ0) is 15.2. The van der Waals surface area contributed by atoms with Gasteiger partial charge in [0.2, 0.25) is 5.89 Å². The van der Waals surface area contributed by atoms with Gasteiger partial charge < -0.3 is 9.25 Å². The van der Waals surface area contributed by atoms with E-state index in [1.54, 1.807) is 0 Å². The number of benzene rings is 2. The van der Waals surface area contributed by atoms with E-state index in [0.717, 1.165) is 16.8 Å². The molecule has 0 saturated heterocycles. The van der Waals surface area contributed by atoms with Gasteiger partial charge in [-0.25, -0.2) is 0 Å². The van der Waals surface area contributed by atoms with Crippen molar-refractivity contribution in [3.63, 3.8) is 0 Å². The van der Waals surface area contributed by atoms with E-state index in [4.69, 9.17) is 9.25 Å². The fraction of sp³-hybridized carbons (Fsp3) is 0.118. The molecule has 22 heavy (non-hydrogen) atoms. The van der Waals surface area contributed by atoms with Crippen molar-refractivity contribution in [3.05, 3.63) is 72.1 Å². The van der Waals surface area contributed by atoms with Gasteiger partial charge in [0, 0.05) is 5.56 Å². The van der Waals surface area contributed by atoms with E-state index in [2.05, 4.69) is 15.4 Å². The maximum atomic E-state index is 5.54. The number of rotatable bonds is 5. The Morgan fingerprint density at radius 2 is 1.68 bits per heavy atom. The standard InChI is InChI=1S/C17H15N3O2/c1-13(14-8-4-2-5-9-14)20-21-12-16-18-19-17(22-16)15-10-6-3-7-11-15/h2-11H,12H2,1H3/b20-13+. The second-order valence-corrected chi connectivity index (χ2v) is 4.68. The summed E-state index contributed by atoms with van der Waals surface area (Å²) in [5, 5.41) is 12.0. The van der Waals surface area contributed by atoms with Gasteiger partial charge in [0.05, 0.1) is 5.71 Å². The molecule has 5 nitrogen and oxygen atoms in total. The molecule has 0 bridgehead atoms. The molecular weight excluding hydrogens is 278 g/mol. The molecule has 0 saturated carbocycles. The van der Waals surface area contributed by atoms with Gasteiger partial charge in [-0.2, -0.15) is 0 Å². The van der Waals surface area contributed by atoms with Gasteiger partial charge in [0.1, 0.15) is 0 Å². The van der Waals surface area contributed by atoms with E-state index >= 15 is 0 Å². The lowest BCUT2D eigenvalue weighted by atomic mass is 10.1. The van der Waals surface area contributed by atoms with Crippen LogP contribution in [-0.2, 0) is 11.4 Å². The van der Waals surface area contributed by atoms with Crippen molar-refractivity contribution in [2.75, 3.05) is 0 Å². The topological polar surface area (TPSA) is 60.5 Å². The van der Waals surface area contributed by atoms with E-state index in [1.807, 2.05) is 67.6 Å². The first-order chi connectivity index (χ1) is 10.8. The molecule has 0 N–H and O–H groups in total. The van der Waals surface area contributed by atoms with Crippen LogP contribution >= 0.6 is 0 Å². The molecule has 5 heteroatoms. The Kier molecular flexibility index (Phi) is 4.25. The zero-order valence-electron chi connectivity index (χ0n) is 12.1. The molecule has 0 spiro atoms. The highest BCUT2D eigenvalue weighted by atomic mass is 16.6. The van der Waals surface area contributed by atoms with Crippen molar-refractivity contribution < 1.29 is 9.25 Å². The first-order valence-electron chi connectivity index (χ1n) is 6.93. The first kappa shape index (κ1) is 14.0. The number of oxime groups is 1. The van der Waals surface area contributed by atoms with Crippen LogP contribution in [0.25, 0.3) is 11.5 Å². The molecule has 3 aromatic rings. The highest BCUT2D eigenvalue weighted by Gasteiger charge is 2.08. The molecule has 110 valence electrons. The van der Waals surface area contributed by atoms with E-state index in [-0.39, 0.29) is 6.61 Å². The largest absolute Gasteiger partial charge is 0.417 e. The second-order valence-electron chi connectivity index (χ2n) is 4.68. The van der Waals surface area contributed by atoms with Crippen LogP contribution in [0.15, 0.2) is 70.2 Å². The van der Waals surface area contributed by atoms with Gasteiger partial charge in [-0.3, -0.25) is 0 Å². The minimum absolute atomic E-state index is 0.143. The molecule has 1 heterocycles. The molecule has 0 atom stereocenters. The van der Waals surface area contributed by atoms with Crippen LogP contribution in [-0.4, -0.2) is 15.9 Å². The second kappa shape index (κ2) is 6.67. The number of nitrogens with zero attached hydrogens (tertiary/aromatic N) is 3. The van der Waals surface area contributed by atoms with Crippen LogP contribution < -0.4 is 0 Å². The fourth-order valence-corrected chi connectivity index (χ4v) is 1.93. The predicted octanol–water partition coefficient (Wildman–Crippen LogP) is 3.68. The Bertz CT molecular complexity index is 752. The summed E-state index contributed by atoms with van der Waals surface area (Å²) in [6.45, 7) is 2.03. The molecule has 0 aliphatic carbocycles. The van der Waals surface area contributed by atoms with Crippen LogP contribution in [0.5, 0.6) is 0 Å². The monoisotopic (exact) mass is 293 g/mol. The van der Waals surface area contributed by atoms with Crippen LogP contribution in [0.1, 0.15) is 18.4 Å². The molecule has 0 fully saturated rings. The van der Waals surface area contributed by atoms with E-state index in [0.29, 0.717) is 11.8 Å². The molecule has 2 aromatic carbocycles. The lowest BCUT2D eigenvalue weighted by Gasteiger charge is -2.00. The minimum atomic E-state index is 0.143. The quantitative estimate of drug-likeness (QED) is 0.532. The summed E-state index contributed by atoms with van der Waals surface area (Å²) in [5.41, 5.74) is 2.69. The van der Waals surface area contributed by atoms with Crippen molar-refractivity contribution >= 4 is 5.71 Å². The smallest absolute Gasteiger partial charge is 0.257 e. The van der Waals surface area contributed by atoms with Gasteiger partial charge in [-0.05, 0) is 24.6 Å². The summed E-state index contributed by atoms with van der Waals surface area (Å²) in [5.74, 6) is 0.867. The average molecular weight is 293 g/mol. The van der Waals surface area contributed by atoms with E-state index < -0.39 is 0 Å². The summed E-state index contributed by atoms with van der Waals surface area (Å²) >= 11 is 0. The molecule has 0 aliphatic rings. The van der Waals surface area contributed by atoms with Crippen LogP contribution in [0, 0.1) is 0 Å². The van der Waals surface area contributed by atoms with Gasteiger partial charge in [0.15, 0.2) is 6.61 Å². The van der Waals surface area contributed by atoms with Crippen molar-refractivity contribution in [2.45, 2.75) is 13.5 Å². The fourth-order valence-electron chi connectivity index (χ4n) is 1.93. The summed E-state index contributed by atoms with van der Waals surface area (Å²) in [6.07, 6.45) is 0. The van der Waals surface area contributed by atoms with Gasteiger partial charge >= 0.3 is 0 Å². The maximum absolute atomic E-state index is 5.54. The van der Waals surface area contributed by atoms with Crippen LogP contribution in [0.2, 0.25) is 0 Å². The summed E-state index contributed by atoms with van der Waals surface area (Å²) < 4.78 is 5.54. The Hall–Kier alpha value is -2.95. The third-order valence-corrected chi connectivity index (χ3v) is 3.07. The highest BCUT2D eigenvalue weighted by molar-refractivity contribution is 5.98. The predicted molar refractivity (Wildman–Crippen MR) is 83.2 cm³/mol. The molecular formula is C17H15N3O2. The summed E-state index contributed by atoms with van der Waals surface area (Å²) in [4.78, 5) is 5.28. The maximum Gasteiger partial charge on any atom is 0.257 e. The molecule has 0 radical (unpaired) electrons. The number of aromatic nitrogens is 2. The average Bonchev–Trinajstić information content (AvgIpc) is 3.05. The Morgan fingerprint density at radius 3 is 2.41 bits per heavy atom. The lowest BCUT2D eigenvalue weighted by Crippen LogP contribution is -1.96. The number of hydrogen-bond acceptors (Lipinski definition) is 5. The number of hydrogen-bond donors (Lipinski definition) is 0. The van der Waals surface area contributed by atoms with E-state index in [1.165, 1.54) is 0 Å². The Morgan fingerprint density at radius 1 is 1.00 bits per heavy atom. The normalized spacial score (nSPS) is 11.4. The van der Waals surface area contributed by atoms with Crippen molar-refractivity contribution in [1.29, 1.82) is 0 Å². The Balaban J connectivity index is 1.62. The van der Waals surface area contributed by atoms with Gasteiger partial charge in [-0.15, -0.1) is 10.2 Å². The molecule has 0 aliphatic heterocycles. The minimum Gasteiger partial charge on any atom is -0.417 e. The third kappa shape index (κ3) is 3.38. The SMILES string of the molecule is C/C(=N\OCc1nnc(-c2ccccc2)o1)c1ccccc1. The van der Waals surface area contributed by atoms with Crippen LogP contribution in [0.4, 0.5) is 0 Å². The Labute approximate surface area is 128 Å². The van der Waals surface area contributed by atoms with E-state index in [9.17, 15) is 0 Å². The third-order valence-electron chi connectivity index (χ3n) is 3.07. The zero-order valence-corrected chi connectivity index (χ0v) is 12.1. The molecule has 3 rings (SSSR count). The molecule has 0 unspecified atom stereocenters. The van der Waals surface area contributed by atoms with Crippen LogP contribution in [0.3, 0.4) is 0 Å². The molecule has 0 amide bonds. The van der Waals surface area contributed by atoms with Gasteiger partial charge in [-0.1, -0.05) is 53.7 Å². The van der Waals surface area contributed by atoms with Crippen molar-refractivity contribution in [1.82, 2.24) is 10.2 Å². The highest BCUT2D eigenvalue weighted by Crippen LogP contribution is 2.17. The molecule has 1 aromatic heterocycles. The van der Waals surface area contributed by atoms with Crippen molar-refractivity contribution in [2.24, 2.45) is 5.16 Å². The van der Waals surface area contributed by atoms with Crippen molar-refractivity contribution in [3.8, 4) is 11.5 Å². The first-order valence-corrected chi connectivity index (χ1v) is 6.93. The summed E-state index contributed by atoms with van der Waals surface area (Å²) in [7, 11) is 0. The lowest BCUT2D eigenvalue weighted by molar-refractivity contribution is 0.111.